The van der Waals surface area contributed by atoms with Crippen molar-refractivity contribution in [3.63, 3.8) is 0 Å². The first-order chi connectivity index (χ1) is 8.72. The molecule has 4 heteroatoms. The van der Waals surface area contributed by atoms with Crippen LogP contribution in [0.1, 0.15) is 46.5 Å². The first-order valence-corrected chi connectivity index (χ1v) is 6.97. The van der Waals surface area contributed by atoms with Gasteiger partial charge >= 0.3 is 0 Å². The topological polar surface area (TPSA) is 77.8 Å². The zero-order valence-corrected chi connectivity index (χ0v) is 11.9. The van der Waals surface area contributed by atoms with Gasteiger partial charge in [-0.2, -0.15) is 0 Å². The monoisotopic (exact) mass is 268 g/mol. The Morgan fingerprint density at radius 2 is 2.05 bits per heavy atom. The Labute approximate surface area is 114 Å². The number of hydrogen-bond acceptors (Lipinski definition) is 4. The van der Waals surface area contributed by atoms with Crippen molar-refractivity contribution in [2.75, 3.05) is 6.61 Å². The van der Waals surface area contributed by atoms with Crippen molar-refractivity contribution < 1.29 is 20.1 Å². The van der Waals surface area contributed by atoms with Crippen LogP contribution < -0.4 is 0 Å². The van der Waals surface area contributed by atoms with Crippen LogP contribution in [0.5, 0.6) is 0 Å². The second-order valence-corrected chi connectivity index (χ2v) is 6.62. The normalized spacial score (nSPS) is 38.9. The fourth-order valence-electron chi connectivity index (χ4n) is 3.54. The minimum Gasteiger partial charge on any atom is -0.393 e. The molecule has 0 aromatic rings. The fraction of sp³-hybridized carbons (Fsp3) is 0.800. The number of aliphatic hydroxyl groups excluding tert-OH is 2. The molecule has 2 aliphatic rings. The SMILES string of the molecule is CC1=C2C[C@@H](C(C)(O)CO)CC[C@]2(C)[C@@H](O)CC1=O. The van der Waals surface area contributed by atoms with Gasteiger partial charge in [-0.05, 0) is 44.6 Å². The standard InChI is InChI=1S/C15H24O4/c1-9-11-6-10(15(3,19)8-16)4-5-14(11,2)13(18)7-12(9)17/h10,13,16,18-19H,4-8H2,1-3H3/t10-,13-,14-,15?/m0/s1. The molecule has 3 N–H and O–H groups in total. The van der Waals surface area contributed by atoms with E-state index in [0.717, 1.165) is 24.0 Å². The largest absolute Gasteiger partial charge is 0.393 e. The van der Waals surface area contributed by atoms with E-state index in [1.54, 1.807) is 6.92 Å². The van der Waals surface area contributed by atoms with E-state index in [0.29, 0.717) is 6.42 Å². The van der Waals surface area contributed by atoms with Crippen molar-refractivity contribution in [3.8, 4) is 0 Å². The van der Waals surface area contributed by atoms with Crippen LogP contribution in [0.2, 0.25) is 0 Å². The number of rotatable bonds is 2. The number of carbonyl (C=O) groups is 1. The van der Waals surface area contributed by atoms with Crippen LogP contribution in [-0.4, -0.2) is 39.4 Å². The zero-order valence-electron chi connectivity index (χ0n) is 11.9. The molecule has 2 rings (SSSR count). The summed E-state index contributed by atoms with van der Waals surface area (Å²) in [6, 6.07) is 0. The zero-order chi connectivity index (χ0) is 14.4. The maximum Gasteiger partial charge on any atom is 0.161 e. The molecule has 0 bridgehead atoms. The average Bonchev–Trinajstić information content (AvgIpc) is 2.36. The summed E-state index contributed by atoms with van der Waals surface area (Å²) in [4.78, 5) is 11.9. The van der Waals surface area contributed by atoms with E-state index in [-0.39, 0.29) is 30.1 Å². The van der Waals surface area contributed by atoms with Gasteiger partial charge in [0.1, 0.15) is 0 Å². The Morgan fingerprint density at radius 1 is 1.42 bits per heavy atom. The summed E-state index contributed by atoms with van der Waals surface area (Å²) in [5, 5.41) is 29.7. The average molecular weight is 268 g/mol. The van der Waals surface area contributed by atoms with Crippen LogP contribution in [-0.2, 0) is 4.79 Å². The molecule has 2 aliphatic carbocycles. The minimum absolute atomic E-state index is 0.00395. The van der Waals surface area contributed by atoms with Crippen molar-refractivity contribution in [1.82, 2.24) is 0 Å². The van der Waals surface area contributed by atoms with Crippen LogP contribution >= 0.6 is 0 Å². The highest BCUT2D eigenvalue weighted by atomic mass is 16.3. The van der Waals surface area contributed by atoms with Gasteiger partial charge in [0.2, 0.25) is 0 Å². The third-order valence-electron chi connectivity index (χ3n) is 5.34. The summed E-state index contributed by atoms with van der Waals surface area (Å²) >= 11 is 0. The molecule has 108 valence electrons. The molecule has 19 heavy (non-hydrogen) atoms. The maximum atomic E-state index is 11.9. The summed E-state index contributed by atoms with van der Waals surface area (Å²) in [6.45, 7) is 5.18. The number of Topliss-reactive ketones (excluding diaryl/α,β-unsaturated/α-hetero) is 1. The van der Waals surface area contributed by atoms with E-state index in [1.807, 2.05) is 13.8 Å². The number of allylic oxidation sites excluding steroid dienone is 1. The summed E-state index contributed by atoms with van der Waals surface area (Å²) < 4.78 is 0. The molecule has 0 amide bonds. The number of hydrogen-bond donors (Lipinski definition) is 3. The molecular weight excluding hydrogens is 244 g/mol. The quantitative estimate of drug-likeness (QED) is 0.703. The lowest BCUT2D eigenvalue weighted by Gasteiger charge is -2.48. The van der Waals surface area contributed by atoms with E-state index >= 15 is 0 Å². The molecule has 0 aromatic heterocycles. The second kappa shape index (κ2) is 4.69. The smallest absolute Gasteiger partial charge is 0.161 e. The van der Waals surface area contributed by atoms with Crippen molar-refractivity contribution >= 4 is 5.78 Å². The Balaban J connectivity index is 2.36. The first kappa shape index (κ1) is 14.7. The van der Waals surface area contributed by atoms with Crippen LogP contribution in [0.15, 0.2) is 11.1 Å². The molecule has 0 heterocycles. The van der Waals surface area contributed by atoms with Gasteiger partial charge in [-0.15, -0.1) is 0 Å². The molecule has 0 saturated heterocycles. The molecule has 4 nitrogen and oxygen atoms in total. The molecule has 0 radical (unpaired) electrons. The van der Waals surface area contributed by atoms with Gasteiger partial charge < -0.3 is 15.3 Å². The highest BCUT2D eigenvalue weighted by molar-refractivity contribution is 5.97. The van der Waals surface area contributed by atoms with E-state index in [2.05, 4.69) is 0 Å². The lowest BCUT2D eigenvalue weighted by Crippen LogP contribution is -2.48. The van der Waals surface area contributed by atoms with Gasteiger partial charge in [-0.3, -0.25) is 4.79 Å². The van der Waals surface area contributed by atoms with Gasteiger partial charge in [0.05, 0.1) is 18.3 Å². The van der Waals surface area contributed by atoms with E-state index in [1.165, 1.54) is 0 Å². The number of aliphatic hydroxyl groups is 3. The molecule has 1 unspecified atom stereocenters. The molecule has 4 atom stereocenters. The van der Waals surface area contributed by atoms with Gasteiger partial charge in [0.15, 0.2) is 5.78 Å². The lowest BCUT2D eigenvalue weighted by atomic mass is 9.58. The molecule has 1 fully saturated rings. The van der Waals surface area contributed by atoms with Crippen molar-refractivity contribution in [1.29, 1.82) is 0 Å². The van der Waals surface area contributed by atoms with Gasteiger partial charge in [0, 0.05) is 11.8 Å². The predicted octanol–water partition coefficient (Wildman–Crippen LogP) is 1.19. The molecule has 0 aromatic carbocycles. The lowest BCUT2D eigenvalue weighted by molar-refractivity contribution is -0.122. The van der Waals surface area contributed by atoms with Gasteiger partial charge in [0.25, 0.3) is 0 Å². The summed E-state index contributed by atoms with van der Waals surface area (Å²) in [5.41, 5.74) is 0.243. The molecule has 0 aliphatic heterocycles. The van der Waals surface area contributed by atoms with Crippen molar-refractivity contribution in [3.05, 3.63) is 11.1 Å². The summed E-state index contributed by atoms with van der Waals surface area (Å²) in [7, 11) is 0. The minimum atomic E-state index is -1.12. The Kier molecular flexibility index (Phi) is 3.62. The number of ketones is 1. The van der Waals surface area contributed by atoms with Crippen LogP contribution in [0.25, 0.3) is 0 Å². The fourth-order valence-corrected chi connectivity index (χ4v) is 3.54. The van der Waals surface area contributed by atoms with Gasteiger partial charge in [-0.1, -0.05) is 12.5 Å². The molecule has 0 spiro atoms. The van der Waals surface area contributed by atoms with E-state index < -0.39 is 11.7 Å². The first-order valence-electron chi connectivity index (χ1n) is 6.97. The van der Waals surface area contributed by atoms with Crippen molar-refractivity contribution in [2.45, 2.75) is 58.2 Å². The molecule has 1 saturated carbocycles. The third kappa shape index (κ3) is 2.26. The molecular formula is C15H24O4. The summed E-state index contributed by atoms with van der Waals surface area (Å²) in [6.07, 6.45) is 1.66. The maximum absolute atomic E-state index is 11.9. The van der Waals surface area contributed by atoms with E-state index in [9.17, 15) is 20.1 Å². The van der Waals surface area contributed by atoms with Crippen LogP contribution in [0, 0.1) is 11.3 Å². The Bertz CT molecular complexity index is 424. The number of carbonyl (C=O) groups excluding carboxylic acids is 1. The number of fused-ring (bicyclic) bond motifs is 1. The second-order valence-electron chi connectivity index (χ2n) is 6.62. The Hall–Kier alpha value is -0.710. The highest BCUT2D eigenvalue weighted by Crippen LogP contribution is 2.52. The van der Waals surface area contributed by atoms with E-state index in [4.69, 9.17) is 0 Å². The van der Waals surface area contributed by atoms with Crippen molar-refractivity contribution in [2.24, 2.45) is 11.3 Å². The summed E-state index contributed by atoms with van der Waals surface area (Å²) in [5.74, 6) is -0.0575. The van der Waals surface area contributed by atoms with Gasteiger partial charge in [-0.25, -0.2) is 0 Å². The highest BCUT2D eigenvalue weighted by Gasteiger charge is 2.49. The van der Waals surface area contributed by atoms with Crippen LogP contribution in [0.3, 0.4) is 0 Å². The Morgan fingerprint density at radius 3 is 2.63 bits per heavy atom. The third-order valence-corrected chi connectivity index (χ3v) is 5.34. The van der Waals surface area contributed by atoms with Crippen LogP contribution in [0.4, 0.5) is 0 Å². The predicted molar refractivity (Wildman–Crippen MR) is 71.5 cm³/mol.